The van der Waals surface area contributed by atoms with Crippen LogP contribution in [0.25, 0.3) is 0 Å². The fraction of sp³-hybridized carbons (Fsp3) is 0.316. The van der Waals surface area contributed by atoms with E-state index in [9.17, 15) is 9.59 Å². The van der Waals surface area contributed by atoms with Crippen molar-refractivity contribution in [3.05, 3.63) is 59.4 Å². The maximum Gasteiger partial charge on any atom is 0.286 e. The van der Waals surface area contributed by atoms with Gasteiger partial charge < -0.3 is 9.84 Å². The highest BCUT2D eigenvalue weighted by Crippen LogP contribution is 2.23. The summed E-state index contributed by atoms with van der Waals surface area (Å²) in [6, 6.07) is 11.5. The lowest BCUT2D eigenvalue weighted by Crippen LogP contribution is -2.25. The van der Waals surface area contributed by atoms with Gasteiger partial charge in [-0.25, -0.2) is 0 Å². The molecule has 1 unspecified atom stereocenters. The predicted molar refractivity (Wildman–Crippen MR) is 99.3 cm³/mol. The first-order chi connectivity index (χ1) is 12.6. The average molecular weight is 372 g/mol. The Morgan fingerprint density at radius 1 is 1.08 bits per heavy atom. The van der Waals surface area contributed by atoms with Crippen molar-refractivity contribution in [3.8, 4) is 5.75 Å². The van der Waals surface area contributed by atoms with E-state index in [4.69, 9.17) is 9.84 Å². The Labute approximate surface area is 156 Å². The van der Waals surface area contributed by atoms with Gasteiger partial charge in [0.2, 0.25) is 5.91 Å². The van der Waals surface area contributed by atoms with Gasteiger partial charge in [-0.15, -0.1) is 0 Å². The molecule has 0 radical (unpaired) electrons. The van der Waals surface area contributed by atoms with Gasteiger partial charge in [0.1, 0.15) is 5.75 Å². The van der Waals surface area contributed by atoms with Crippen LogP contribution in [-0.2, 0) is 24.1 Å². The number of imide groups is 1. The molecule has 2 aromatic rings. The Bertz CT molecular complexity index is 762. The van der Waals surface area contributed by atoms with Crippen molar-refractivity contribution in [2.24, 2.45) is 0 Å². The third-order valence-electron chi connectivity index (χ3n) is 4.02. The largest absolute Gasteiger partial charge is 0.493 e. The zero-order valence-electron chi connectivity index (χ0n) is 14.2. The Kier molecular flexibility index (Phi) is 6.25. The molecule has 1 atom stereocenters. The van der Waals surface area contributed by atoms with Crippen LogP contribution in [0.5, 0.6) is 5.75 Å². The van der Waals surface area contributed by atoms with Crippen molar-refractivity contribution in [1.82, 2.24) is 10.3 Å². The van der Waals surface area contributed by atoms with Gasteiger partial charge in [0.05, 0.1) is 11.9 Å². The summed E-state index contributed by atoms with van der Waals surface area (Å²) in [6.45, 7) is 0.641. The van der Waals surface area contributed by atoms with E-state index in [1.165, 1.54) is 0 Å². The SMILES string of the molecule is O=C1NC(=O)C(Cc2ccc(OCCc3ccc(CCO)cn3)cc2)S1. The molecule has 3 rings (SSSR count). The molecule has 1 saturated heterocycles. The number of aliphatic hydroxyl groups is 1. The molecule has 2 N–H and O–H groups in total. The number of carbonyl (C=O) groups is 2. The van der Waals surface area contributed by atoms with Crippen LogP contribution in [-0.4, -0.2) is 39.7 Å². The number of carbonyl (C=O) groups excluding carboxylic acids is 2. The molecule has 0 aliphatic carbocycles. The summed E-state index contributed by atoms with van der Waals surface area (Å²) >= 11 is 1.04. The number of ether oxygens (including phenoxy) is 1. The van der Waals surface area contributed by atoms with Gasteiger partial charge in [-0.2, -0.15) is 0 Å². The smallest absolute Gasteiger partial charge is 0.286 e. The van der Waals surface area contributed by atoms with E-state index < -0.39 is 0 Å². The minimum absolute atomic E-state index is 0.126. The summed E-state index contributed by atoms with van der Waals surface area (Å²) < 4.78 is 5.73. The van der Waals surface area contributed by atoms with Gasteiger partial charge in [-0.1, -0.05) is 30.0 Å². The van der Waals surface area contributed by atoms with E-state index in [-0.39, 0.29) is 23.0 Å². The van der Waals surface area contributed by atoms with Crippen LogP contribution in [0.3, 0.4) is 0 Å². The van der Waals surface area contributed by atoms with Gasteiger partial charge in [0.15, 0.2) is 0 Å². The second-order valence-electron chi connectivity index (χ2n) is 5.96. The van der Waals surface area contributed by atoms with Crippen LogP contribution >= 0.6 is 11.8 Å². The predicted octanol–water partition coefficient (Wildman–Crippen LogP) is 2.13. The molecule has 6 nitrogen and oxygen atoms in total. The maximum atomic E-state index is 11.6. The monoisotopic (exact) mass is 372 g/mol. The van der Waals surface area contributed by atoms with Crippen molar-refractivity contribution >= 4 is 22.9 Å². The molecule has 1 aliphatic heterocycles. The fourth-order valence-electron chi connectivity index (χ4n) is 2.62. The minimum atomic E-state index is -0.353. The van der Waals surface area contributed by atoms with Crippen LogP contribution in [0.1, 0.15) is 16.8 Å². The quantitative estimate of drug-likeness (QED) is 0.738. The van der Waals surface area contributed by atoms with Gasteiger partial charge in [-0.3, -0.25) is 19.9 Å². The third kappa shape index (κ3) is 5.06. The molecule has 2 heterocycles. The molecule has 0 bridgehead atoms. The van der Waals surface area contributed by atoms with E-state index in [1.54, 1.807) is 6.20 Å². The van der Waals surface area contributed by atoms with E-state index in [2.05, 4.69) is 10.3 Å². The molecular weight excluding hydrogens is 352 g/mol. The Balaban J connectivity index is 1.45. The first-order valence-corrected chi connectivity index (χ1v) is 9.30. The van der Waals surface area contributed by atoms with E-state index >= 15 is 0 Å². The van der Waals surface area contributed by atoms with Crippen LogP contribution in [0.2, 0.25) is 0 Å². The number of thioether (sulfide) groups is 1. The van der Waals surface area contributed by atoms with Crippen molar-refractivity contribution < 1.29 is 19.4 Å². The lowest BCUT2D eigenvalue weighted by Gasteiger charge is -2.09. The Morgan fingerprint density at radius 2 is 1.85 bits per heavy atom. The summed E-state index contributed by atoms with van der Waals surface area (Å²) in [5.74, 6) is 0.531. The van der Waals surface area contributed by atoms with Crippen LogP contribution in [0, 0.1) is 0 Å². The van der Waals surface area contributed by atoms with Crippen LogP contribution in [0.4, 0.5) is 4.79 Å². The number of nitrogens with one attached hydrogen (secondary N) is 1. The van der Waals surface area contributed by atoms with Crippen molar-refractivity contribution in [2.75, 3.05) is 13.2 Å². The summed E-state index contributed by atoms with van der Waals surface area (Å²) in [7, 11) is 0. The standard InChI is InChI=1S/C19H20N2O4S/c22-9-7-14-1-4-15(20-12-14)8-10-25-16-5-2-13(3-6-16)11-17-18(23)21-19(24)26-17/h1-6,12,17,22H,7-11H2,(H,21,23,24). The number of hydrogen-bond acceptors (Lipinski definition) is 6. The average Bonchev–Trinajstić information content (AvgIpc) is 2.95. The molecule has 0 spiro atoms. The molecule has 7 heteroatoms. The molecule has 1 aromatic heterocycles. The second kappa shape index (κ2) is 8.82. The summed E-state index contributed by atoms with van der Waals surface area (Å²) in [6.07, 6.45) is 3.61. The van der Waals surface area contributed by atoms with E-state index in [0.29, 0.717) is 25.9 Å². The number of rotatable bonds is 8. The fourth-order valence-corrected chi connectivity index (χ4v) is 3.48. The van der Waals surface area contributed by atoms with Crippen LogP contribution in [0.15, 0.2) is 42.6 Å². The lowest BCUT2D eigenvalue weighted by atomic mass is 10.1. The van der Waals surface area contributed by atoms with Gasteiger partial charge in [0.25, 0.3) is 5.24 Å². The van der Waals surface area contributed by atoms with Crippen molar-refractivity contribution in [1.29, 1.82) is 0 Å². The highest BCUT2D eigenvalue weighted by molar-refractivity contribution is 8.15. The number of amides is 2. The van der Waals surface area contributed by atoms with E-state index in [1.807, 2.05) is 36.4 Å². The maximum absolute atomic E-state index is 11.6. The number of benzene rings is 1. The molecule has 1 aliphatic rings. The number of hydrogen-bond donors (Lipinski definition) is 2. The number of aliphatic hydroxyl groups excluding tert-OH is 1. The molecule has 1 aromatic carbocycles. The number of nitrogens with zero attached hydrogens (tertiary/aromatic N) is 1. The third-order valence-corrected chi connectivity index (χ3v) is 5.01. The molecule has 0 saturated carbocycles. The second-order valence-corrected chi connectivity index (χ2v) is 7.14. The first kappa shape index (κ1) is 18.4. The minimum Gasteiger partial charge on any atom is -0.493 e. The highest BCUT2D eigenvalue weighted by Gasteiger charge is 2.31. The van der Waals surface area contributed by atoms with Crippen molar-refractivity contribution in [3.63, 3.8) is 0 Å². The first-order valence-electron chi connectivity index (χ1n) is 8.42. The van der Waals surface area contributed by atoms with Gasteiger partial charge in [-0.05, 0) is 42.2 Å². The topological polar surface area (TPSA) is 88.5 Å². The van der Waals surface area contributed by atoms with Gasteiger partial charge in [0, 0.05) is 24.9 Å². The highest BCUT2D eigenvalue weighted by atomic mass is 32.2. The summed E-state index contributed by atoms with van der Waals surface area (Å²) in [5.41, 5.74) is 2.95. The summed E-state index contributed by atoms with van der Waals surface area (Å²) in [5, 5.41) is 10.6. The number of aromatic nitrogens is 1. The Morgan fingerprint density at radius 3 is 2.46 bits per heavy atom. The van der Waals surface area contributed by atoms with E-state index in [0.717, 1.165) is 34.3 Å². The molecule has 136 valence electrons. The normalized spacial score (nSPS) is 16.6. The molecule has 26 heavy (non-hydrogen) atoms. The zero-order valence-corrected chi connectivity index (χ0v) is 15.0. The molecule has 1 fully saturated rings. The van der Waals surface area contributed by atoms with Crippen LogP contribution < -0.4 is 10.1 Å². The lowest BCUT2D eigenvalue weighted by molar-refractivity contribution is -0.118. The van der Waals surface area contributed by atoms with Gasteiger partial charge >= 0.3 is 0 Å². The Hall–Kier alpha value is -2.38. The molecule has 2 amide bonds. The van der Waals surface area contributed by atoms with Crippen molar-refractivity contribution in [2.45, 2.75) is 24.5 Å². The number of pyridine rings is 1. The molecular formula is C19H20N2O4S. The summed E-state index contributed by atoms with van der Waals surface area (Å²) in [4.78, 5) is 27.1. The zero-order chi connectivity index (χ0) is 18.4.